The number of hydrogen-bond donors (Lipinski definition) is 2. The Hall–Kier alpha value is -2.70. The summed E-state index contributed by atoms with van der Waals surface area (Å²) in [6.07, 6.45) is 3.07. The summed E-state index contributed by atoms with van der Waals surface area (Å²) >= 11 is 0. The maximum Gasteiger partial charge on any atom is 0.272 e. The maximum absolute atomic E-state index is 12.0. The van der Waals surface area contributed by atoms with E-state index < -0.39 is 6.10 Å². The molecule has 3 aromatic rings. The summed E-state index contributed by atoms with van der Waals surface area (Å²) in [5.41, 5.74) is 2.07. The molecular formula is C24H27N3O3. The number of aliphatic hydroxyl groups is 1. The molecule has 2 N–H and O–H groups in total. The van der Waals surface area contributed by atoms with Crippen LogP contribution in [-0.4, -0.2) is 52.0 Å². The minimum Gasteiger partial charge on any atom is -0.487 e. The lowest BCUT2D eigenvalue weighted by molar-refractivity contribution is -0.00224. The van der Waals surface area contributed by atoms with Crippen molar-refractivity contribution in [2.75, 3.05) is 19.6 Å². The SMILES string of the molecule is O=c1[nH]nc(C2CCN(C[C@H](O)[C@@H]3CCc4ccccc4O3)CC2)c2ccccc12. The van der Waals surface area contributed by atoms with E-state index in [1.165, 1.54) is 5.56 Å². The average Bonchev–Trinajstić information content (AvgIpc) is 2.80. The van der Waals surface area contributed by atoms with Gasteiger partial charge >= 0.3 is 0 Å². The molecule has 1 fully saturated rings. The summed E-state index contributed by atoms with van der Waals surface area (Å²) in [6.45, 7) is 2.43. The smallest absolute Gasteiger partial charge is 0.272 e. The lowest BCUT2D eigenvalue weighted by atomic mass is 9.90. The zero-order valence-corrected chi connectivity index (χ0v) is 17.0. The van der Waals surface area contributed by atoms with Crippen molar-refractivity contribution in [1.29, 1.82) is 0 Å². The molecule has 2 aliphatic rings. The van der Waals surface area contributed by atoms with E-state index >= 15 is 0 Å². The number of aliphatic hydroxyl groups excluding tert-OH is 1. The number of benzene rings is 2. The summed E-state index contributed by atoms with van der Waals surface area (Å²) in [4.78, 5) is 14.4. The Morgan fingerprint density at radius 1 is 1.07 bits per heavy atom. The van der Waals surface area contributed by atoms with Crippen LogP contribution in [0.5, 0.6) is 5.75 Å². The van der Waals surface area contributed by atoms with E-state index in [9.17, 15) is 9.90 Å². The van der Waals surface area contributed by atoms with Gasteiger partial charge in [-0.15, -0.1) is 0 Å². The highest BCUT2D eigenvalue weighted by molar-refractivity contribution is 5.83. The van der Waals surface area contributed by atoms with Gasteiger partial charge < -0.3 is 14.7 Å². The minimum atomic E-state index is -0.498. The van der Waals surface area contributed by atoms with Gasteiger partial charge in [-0.2, -0.15) is 5.10 Å². The number of piperidine rings is 1. The third-order valence-corrected chi connectivity index (χ3v) is 6.52. The van der Waals surface area contributed by atoms with E-state index in [0.717, 1.165) is 55.6 Å². The first kappa shape index (κ1) is 19.3. The van der Waals surface area contributed by atoms with Gasteiger partial charge in [-0.1, -0.05) is 36.4 Å². The predicted molar refractivity (Wildman–Crippen MR) is 116 cm³/mol. The molecule has 0 aliphatic carbocycles. The summed E-state index contributed by atoms with van der Waals surface area (Å²) in [7, 11) is 0. The van der Waals surface area contributed by atoms with E-state index in [0.29, 0.717) is 17.8 Å². The van der Waals surface area contributed by atoms with E-state index in [2.05, 4.69) is 21.2 Å². The van der Waals surface area contributed by atoms with Crippen LogP contribution >= 0.6 is 0 Å². The molecule has 2 aliphatic heterocycles. The molecule has 30 heavy (non-hydrogen) atoms. The van der Waals surface area contributed by atoms with Crippen LogP contribution in [-0.2, 0) is 6.42 Å². The Bertz CT molecular complexity index is 1090. The van der Waals surface area contributed by atoms with Crippen molar-refractivity contribution in [1.82, 2.24) is 15.1 Å². The average molecular weight is 405 g/mol. The van der Waals surface area contributed by atoms with E-state index in [1.807, 2.05) is 42.5 Å². The van der Waals surface area contributed by atoms with Crippen molar-refractivity contribution in [3.8, 4) is 5.75 Å². The quantitative estimate of drug-likeness (QED) is 0.698. The molecule has 6 nitrogen and oxygen atoms in total. The van der Waals surface area contributed by atoms with Crippen LogP contribution in [0.25, 0.3) is 10.8 Å². The van der Waals surface area contributed by atoms with E-state index in [1.54, 1.807) is 0 Å². The van der Waals surface area contributed by atoms with Gasteiger partial charge in [0, 0.05) is 17.8 Å². The second kappa shape index (κ2) is 8.20. The number of hydrogen-bond acceptors (Lipinski definition) is 5. The van der Waals surface area contributed by atoms with Gasteiger partial charge in [-0.3, -0.25) is 4.79 Å². The van der Waals surface area contributed by atoms with Crippen LogP contribution < -0.4 is 10.3 Å². The largest absolute Gasteiger partial charge is 0.487 e. The summed E-state index contributed by atoms with van der Waals surface area (Å²) in [5.74, 6) is 1.22. The first-order chi connectivity index (χ1) is 14.7. The van der Waals surface area contributed by atoms with Gasteiger partial charge in [0.15, 0.2) is 0 Å². The van der Waals surface area contributed by atoms with Gasteiger partial charge in [0.1, 0.15) is 18.0 Å². The Morgan fingerprint density at radius 3 is 2.63 bits per heavy atom. The number of aromatic amines is 1. The molecule has 1 aromatic heterocycles. The van der Waals surface area contributed by atoms with Crippen molar-refractivity contribution in [2.24, 2.45) is 0 Å². The fraction of sp³-hybridized carbons (Fsp3) is 0.417. The van der Waals surface area contributed by atoms with Crippen molar-refractivity contribution in [3.05, 3.63) is 70.1 Å². The normalized spacial score (nSPS) is 21.2. The monoisotopic (exact) mass is 405 g/mol. The summed E-state index contributed by atoms with van der Waals surface area (Å²) in [6, 6.07) is 15.8. The highest BCUT2D eigenvalue weighted by Crippen LogP contribution is 2.31. The van der Waals surface area contributed by atoms with Crippen LogP contribution in [0, 0.1) is 0 Å². The van der Waals surface area contributed by atoms with E-state index in [4.69, 9.17) is 4.74 Å². The number of para-hydroxylation sites is 1. The third-order valence-electron chi connectivity index (χ3n) is 6.52. The number of H-pyrrole nitrogens is 1. The van der Waals surface area contributed by atoms with Gasteiger partial charge in [0.05, 0.1) is 11.1 Å². The highest BCUT2D eigenvalue weighted by Gasteiger charge is 2.30. The van der Waals surface area contributed by atoms with Gasteiger partial charge in [-0.05, 0) is 56.5 Å². The predicted octanol–water partition coefficient (Wildman–Crippen LogP) is 2.86. The molecule has 0 amide bonds. The highest BCUT2D eigenvalue weighted by atomic mass is 16.5. The van der Waals surface area contributed by atoms with Crippen LogP contribution in [0.3, 0.4) is 0 Å². The first-order valence-electron chi connectivity index (χ1n) is 10.8. The van der Waals surface area contributed by atoms with Gasteiger partial charge in [0.2, 0.25) is 0 Å². The maximum atomic E-state index is 12.0. The minimum absolute atomic E-state index is 0.135. The number of likely N-dealkylation sites (tertiary alicyclic amines) is 1. The Balaban J connectivity index is 1.21. The Kier molecular flexibility index (Phi) is 5.27. The fourth-order valence-corrected chi connectivity index (χ4v) is 4.83. The number of ether oxygens (including phenoxy) is 1. The summed E-state index contributed by atoms with van der Waals surface area (Å²) < 4.78 is 6.06. The molecule has 0 radical (unpaired) electrons. The van der Waals surface area contributed by atoms with Crippen LogP contribution in [0.1, 0.15) is 36.4 Å². The topological polar surface area (TPSA) is 78.5 Å². The van der Waals surface area contributed by atoms with Crippen molar-refractivity contribution in [3.63, 3.8) is 0 Å². The lowest BCUT2D eigenvalue weighted by Gasteiger charge is -2.36. The molecule has 1 saturated heterocycles. The standard InChI is InChI=1S/C24H27N3O3/c28-20(22-10-9-16-5-1-4-8-21(16)30-22)15-27-13-11-17(12-14-27)23-18-6-2-3-7-19(18)24(29)26-25-23/h1-8,17,20,22,28H,9-15H2,(H,26,29)/t20-,22-/m0/s1. The van der Waals surface area contributed by atoms with Crippen LogP contribution in [0.4, 0.5) is 0 Å². The van der Waals surface area contributed by atoms with Crippen molar-refractivity contribution in [2.45, 2.75) is 43.8 Å². The zero-order chi connectivity index (χ0) is 20.5. The number of rotatable bonds is 4. The molecule has 5 rings (SSSR count). The third kappa shape index (κ3) is 3.73. The van der Waals surface area contributed by atoms with Crippen LogP contribution in [0.15, 0.2) is 53.3 Å². The number of β-amino-alcohol motifs (C(OH)–C–C–N with tert-alkyl or cyclic N) is 1. The molecular weight excluding hydrogens is 378 g/mol. The molecule has 0 unspecified atom stereocenters. The van der Waals surface area contributed by atoms with Gasteiger partial charge in [-0.25, -0.2) is 5.10 Å². The van der Waals surface area contributed by atoms with Crippen molar-refractivity contribution < 1.29 is 9.84 Å². The van der Waals surface area contributed by atoms with Crippen LogP contribution in [0.2, 0.25) is 0 Å². The molecule has 0 bridgehead atoms. The molecule has 0 spiro atoms. The second-order valence-corrected chi connectivity index (χ2v) is 8.43. The number of aryl methyl sites for hydroxylation is 1. The fourth-order valence-electron chi connectivity index (χ4n) is 4.83. The number of fused-ring (bicyclic) bond motifs is 2. The molecule has 3 heterocycles. The second-order valence-electron chi connectivity index (χ2n) is 8.43. The summed E-state index contributed by atoms with van der Waals surface area (Å²) in [5, 5.41) is 19.5. The number of aromatic nitrogens is 2. The molecule has 156 valence electrons. The Labute approximate surface area is 175 Å². The molecule has 2 aromatic carbocycles. The Morgan fingerprint density at radius 2 is 1.80 bits per heavy atom. The number of nitrogens with zero attached hydrogens (tertiary/aromatic N) is 2. The zero-order valence-electron chi connectivity index (χ0n) is 17.0. The lowest BCUT2D eigenvalue weighted by Crippen LogP contribution is -2.45. The number of nitrogens with one attached hydrogen (secondary N) is 1. The molecule has 2 atom stereocenters. The van der Waals surface area contributed by atoms with Gasteiger partial charge in [0.25, 0.3) is 5.56 Å². The molecule has 6 heteroatoms. The van der Waals surface area contributed by atoms with E-state index in [-0.39, 0.29) is 11.7 Å². The van der Waals surface area contributed by atoms with Crippen molar-refractivity contribution >= 4 is 10.8 Å². The first-order valence-corrected chi connectivity index (χ1v) is 10.8. The molecule has 0 saturated carbocycles.